The van der Waals surface area contributed by atoms with Crippen LogP contribution in [0.15, 0.2) is 12.2 Å². The Balaban J connectivity index is 5.13. The van der Waals surface area contributed by atoms with Crippen molar-refractivity contribution in [2.24, 2.45) is 17.4 Å². The van der Waals surface area contributed by atoms with Gasteiger partial charge in [0.15, 0.2) is 5.78 Å². The molecule has 0 aliphatic rings. The van der Waals surface area contributed by atoms with Gasteiger partial charge in [-0.2, -0.15) is 0 Å². The van der Waals surface area contributed by atoms with Gasteiger partial charge in [-0.1, -0.05) is 6.58 Å². The molecule has 0 heterocycles. The second-order valence-corrected chi connectivity index (χ2v) is 7.19. The fourth-order valence-electron chi connectivity index (χ4n) is 2.33. The number of Topliss-reactive ketones (excluding diaryl/α,β-unsaturated/α-hetero) is 2. The van der Waals surface area contributed by atoms with Gasteiger partial charge in [-0.25, -0.2) is 9.59 Å². The second kappa shape index (κ2) is 14.8. The zero-order valence-electron chi connectivity index (χ0n) is 18.3. The van der Waals surface area contributed by atoms with Gasteiger partial charge >= 0.3 is 17.9 Å². The average Bonchev–Trinajstić information content (AvgIpc) is 2.72. The SMILES string of the molecule is C=C(C)C(=O)OC[C@H](N)C(=O)N[C@@H](CCCCN)C(=O)C[C@@H](COC(=O)C(C)=O)C(=O)O. The number of aliphatic carboxylic acids is 1. The van der Waals surface area contributed by atoms with Crippen LogP contribution in [0.5, 0.6) is 0 Å². The zero-order valence-corrected chi connectivity index (χ0v) is 18.3. The summed E-state index contributed by atoms with van der Waals surface area (Å²) in [5, 5.41) is 11.7. The van der Waals surface area contributed by atoms with Crippen LogP contribution in [0, 0.1) is 5.92 Å². The van der Waals surface area contributed by atoms with Gasteiger partial charge in [-0.15, -0.1) is 0 Å². The normalized spacial score (nSPS) is 13.2. The Hall–Kier alpha value is -3.12. The van der Waals surface area contributed by atoms with Crippen LogP contribution in [-0.4, -0.2) is 72.3 Å². The number of carbonyl (C=O) groups excluding carboxylic acids is 5. The number of carboxylic acids is 1. The fourth-order valence-corrected chi connectivity index (χ4v) is 2.33. The maximum absolute atomic E-state index is 12.7. The van der Waals surface area contributed by atoms with E-state index < -0.39 is 73.0 Å². The molecule has 0 unspecified atom stereocenters. The van der Waals surface area contributed by atoms with Crippen molar-refractivity contribution in [3.8, 4) is 0 Å². The van der Waals surface area contributed by atoms with Crippen LogP contribution in [0.25, 0.3) is 0 Å². The first-order valence-corrected chi connectivity index (χ1v) is 9.92. The number of esters is 2. The summed E-state index contributed by atoms with van der Waals surface area (Å²) in [4.78, 5) is 70.1. The topological polar surface area (TPSA) is 205 Å². The largest absolute Gasteiger partial charge is 0.481 e. The van der Waals surface area contributed by atoms with E-state index in [2.05, 4.69) is 16.6 Å². The molecule has 12 nitrogen and oxygen atoms in total. The summed E-state index contributed by atoms with van der Waals surface area (Å²) in [7, 11) is 0. The van der Waals surface area contributed by atoms with Crippen LogP contribution in [0.4, 0.5) is 0 Å². The maximum atomic E-state index is 12.7. The number of ether oxygens (including phenoxy) is 2. The summed E-state index contributed by atoms with van der Waals surface area (Å²) in [5.74, 6) is -7.09. The molecular weight excluding hydrogens is 426 g/mol. The summed E-state index contributed by atoms with van der Waals surface area (Å²) in [6, 6.07) is -2.35. The molecule has 0 saturated heterocycles. The molecule has 0 aromatic carbocycles. The molecule has 180 valence electrons. The number of nitrogens with two attached hydrogens (primary N) is 2. The number of ketones is 2. The van der Waals surface area contributed by atoms with Crippen molar-refractivity contribution in [2.75, 3.05) is 19.8 Å². The number of amides is 1. The van der Waals surface area contributed by atoms with Gasteiger partial charge in [0.1, 0.15) is 19.3 Å². The van der Waals surface area contributed by atoms with Crippen molar-refractivity contribution in [1.29, 1.82) is 0 Å². The summed E-state index contributed by atoms with van der Waals surface area (Å²) in [6.45, 7) is 5.01. The number of nitrogens with one attached hydrogen (secondary N) is 1. The molecule has 0 spiro atoms. The molecule has 0 aromatic heterocycles. The number of carbonyl (C=O) groups is 6. The van der Waals surface area contributed by atoms with Crippen LogP contribution in [0.3, 0.4) is 0 Å². The van der Waals surface area contributed by atoms with Gasteiger partial charge < -0.3 is 31.4 Å². The highest BCUT2D eigenvalue weighted by atomic mass is 16.5. The zero-order chi connectivity index (χ0) is 24.8. The van der Waals surface area contributed by atoms with Crippen LogP contribution in [-0.2, 0) is 38.2 Å². The molecule has 0 radical (unpaired) electrons. The Morgan fingerprint density at radius 2 is 1.59 bits per heavy atom. The lowest BCUT2D eigenvalue weighted by atomic mass is 9.95. The van der Waals surface area contributed by atoms with E-state index in [1.54, 1.807) is 0 Å². The lowest BCUT2D eigenvalue weighted by molar-refractivity contribution is -0.157. The molecule has 3 atom stereocenters. The van der Waals surface area contributed by atoms with E-state index in [1.165, 1.54) is 6.92 Å². The predicted molar refractivity (Wildman–Crippen MR) is 111 cm³/mol. The van der Waals surface area contributed by atoms with E-state index >= 15 is 0 Å². The van der Waals surface area contributed by atoms with Gasteiger partial charge in [0.05, 0.1) is 12.0 Å². The van der Waals surface area contributed by atoms with Gasteiger partial charge in [-0.05, 0) is 32.7 Å². The van der Waals surface area contributed by atoms with E-state index in [4.69, 9.17) is 16.2 Å². The predicted octanol–water partition coefficient (Wildman–Crippen LogP) is -1.16. The van der Waals surface area contributed by atoms with E-state index in [1.807, 2.05) is 0 Å². The van der Waals surface area contributed by atoms with Crippen LogP contribution >= 0.6 is 0 Å². The second-order valence-electron chi connectivity index (χ2n) is 7.19. The molecular formula is C20H31N3O9. The van der Waals surface area contributed by atoms with Gasteiger partial charge in [-0.3, -0.25) is 19.2 Å². The van der Waals surface area contributed by atoms with E-state index in [9.17, 15) is 33.9 Å². The van der Waals surface area contributed by atoms with E-state index in [-0.39, 0.29) is 12.0 Å². The van der Waals surface area contributed by atoms with Crippen molar-refractivity contribution < 1.29 is 43.3 Å². The van der Waals surface area contributed by atoms with Crippen molar-refractivity contribution in [1.82, 2.24) is 5.32 Å². The van der Waals surface area contributed by atoms with Crippen molar-refractivity contribution in [3.05, 3.63) is 12.2 Å². The first-order valence-electron chi connectivity index (χ1n) is 9.92. The molecule has 0 fully saturated rings. The number of hydrogen-bond donors (Lipinski definition) is 4. The van der Waals surface area contributed by atoms with Crippen LogP contribution < -0.4 is 16.8 Å². The Bertz CT molecular complexity index is 736. The first-order chi connectivity index (χ1) is 14.9. The third-order valence-corrected chi connectivity index (χ3v) is 4.23. The van der Waals surface area contributed by atoms with Gasteiger partial charge in [0.25, 0.3) is 0 Å². The Labute approximate surface area is 185 Å². The number of hydrogen-bond acceptors (Lipinski definition) is 10. The number of rotatable bonds is 16. The van der Waals surface area contributed by atoms with Crippen molar-refractivity contribution in [3.63, 3.8) is 0 Å². The van der Waals surface area contributed by atoms with E-state index in [0.717, 1.165) is 6.92 Å². The Morgan fingerprint density at radius 3 is 2.09 bits per heavy atom. The lowest BCUT2D eigenvalue weighted by Gasteiger charge is -2.21. The summed E-state index contributed by atoms with van der Waals surface area (Å²) >= 11 is 0. The minimum atomic E-state index is -1.41. The molecule has 0 aliphatic carbocycles. The third-order valence-electron chi connectivity index (χ3n) is 4.23. The molecule has 0 rings (SSSR count). The van der Waals surface area contributed by atoms with Gasteiger partial charge in [0.2, 0.25) is 11.7 Å². The molecule has 12 heteroatoms. The quantitative estimate of drug-likeness (QED) is 0.0941. The standard InChI is InChI=1S/C20H31N3O9/c1-11(2)19(29)32-10-14(22)17(26)23-15(6-4-5-7-21)16(25)8-13(18(27)28)9-31-20(30)12(3)24/h13-15H,1,4-10,21-22H2,2-3H3,(H,23,26)(H,27,28)/t13-,14-,15-/m0/s1. The van der Waals surface area contributed by atoms with Crippen molar-refractivity contribution in [2.45, 2.75) is 51.6 Å². The third kappa shape index (κ3) is 11.3. The summed E-state index contributed by atoms with van der Waals surface area (Å²) in [5.41, 5.74) is 11.3. The molecule has 0 aromatic rings. The van der Waals surface area contributed by atoms with Crippen molar-refractivity contribution >= 4 is 35.4 Å². The minimum Gasteiger partial charge on any atom is -0.481 e. The molecule has 0 saturated carbocycles. The number of carboxylic acid groups (broad SMARTS) is 1. The monoisotopic (exact) mass is 457 g/mol. The molecule has 1 amide bonds. The lowest BCUT2D eigenvalue weighted by Crippen LogP contribution is -2.50. The maximum Gasteiger partial charge on any atom is 0.374 e. The fraction of sp³-hybridized carbons (Fsp3) is 0.600. The van der Waals surface area contributed by atoms with E-state index in [0.29, 0.717) is 19.4 Å². The minimum absolute atomic E-state index is 0.123. The average molecular weight is 457 g/mol. The highest BCUT2D eigenvalue weighted by Crippen LogP contribution is 2.12. The highest BCUT2D eigenvalue weighted by Gasteiger charge is 2.30. The van der Waals surface area contributed by atoms with Crippen LogP contribution in [0.2, 0.25) is 0 Å². The van der Waals surface area contributed by atoms with Crippen LogP contribution in [0.1, 0.15) is 39.5 Å². The Morgan fingerprint density at radius 1 is 1.00 bits per heavy atom. The smallest absolute Gasteiger partial charge is 0.374 e. The highest BCUT2D eigenvalue weighted by molar-refractivity contribution is 6.32. The molecule has 32 heavy (non-hydrogen) atoms. The van der Waals surface area contributed by atoms with Gasteiger partial charge in [0, 0.05) is 18.9 Å². The number of unbranched alkanes of at least 4 members (excludes halogenated alkanes) is 1. The molecule has 6 N–H and O–H groups in total. The summed E-state index contributed by atoms with van der Waals surface area (Å²) in [6.07, 6.45) is 0.623. The summed E-state index contributed by atoms with van der Waals surface area (Å²) < 4.78 is 9.42. The Kier molecular flexibility index (Phi) is 13.4. The first kappa shape index (κ1) is 28.9. The molecule has 0 bridgehead atoms. The molecule has 0 aliphatic heterocycles.